The largest absolute Gasteiger partial charge is 1.00 e. The summed E-state index contributed by atoms with van der Waals surface area (Å²) in [5, 5.41) is 1.81. The van der Waals surface area contributed by atoms with Gasteiger partial charge in [0.1, 0.15) is 12.3 Å². The number of hydrogen-bond acceptors (Lipinski definition) is 5. The number of fused-ring (bicyclic) bond motifs is 1. The Morgan fingerprint density at radius 3 is 2.83 bits per heavy atom. The van der Waals surface area contributed by atoms with Crippen LogP contribution in [0.25, 0.3) is 10.9 Å². The molecule has 1 aliphatic rings. The molecular weight excluding hydrogens is 355 g/mol. The standard InChI is InChI=1S/C16H17ClN2O4.ClH/c1-21-11-5-6-12-10(8-11)9-14(15(17)18-12)23-19-7-3-4-13(19)16(20)22-2;/h5-6,8-9,13H,3-4,7H2,1-2H3;1H. The van der Waals surface area contributed by atoms with Crippen LogP contribution in [0.3, 0.4) is 0 Å². The summed E-state index contributed by atoms with van der Waals surface area (Å²) in [5.41, 5.74) is 0.754. The number of hydroxylamine groups is 2. The predicted octanol–water partition coefficient (Wildman–Crippen LogP) is -1.59. The van der Waals surface area contributed by atoms with Gasteiger partial charge in [0.2, 0.25) is 11.8 Å². The monoisotopic (exact) mass is 372 g/mol. The number of quaternary nitrogens is 1. The van der Waals surface area contributed by atoms with Gasteiger partial charge in [0.15, 0.2) is 5.15 Å². The minimum absolute atomic E-state index is 0. The van der Waals surface area contributed by atoms with E-state index < -0.39 is 0 Å². The number of methoxy groups -OCH3 is 2. The van der Waals surface area contributed by atoms with Gasteiger partial charge in [-0.25, -0.2) is 9.78 Å². The quantitative estimate of drug-likeness (QED) is 0.518. The topological polar surface area (TPSA) is 62.1 Å². The number of hydrogen-bond donors (Lipinski definition) is 1. The Balaban J connectivity index is 0.00000208. The van der Waals surface area contributed by atoms with Crippen molar-refractivity contribution in [3.8, 4) is 11.5 Å². The molecule has 1 saturated heterocycles. The second-order valence-corrected chi connectivity index (χ2v) is 5.73. The third kappa shape index (κ3) is 3.66. The number of benzene rings is 1. The molecule has 1 aliphatic heterocycles. The first-order valence-electron chi connectivity index (χ1n) is 7.38. The molecule has 2 heterocycles. The summed E-state index contributed by atoms with van der Waals surface area (Å²) in [5.74, 6) is 0.899. The molecule has 8 heteroatoms. The maximum absolute atomic E-state index is 11.8. The van der Waals surface area contributed by atoms with Crippen LogP contribution >= 0.6 is 11.6 Å². The van der Waals surface area contributed by atoms with Crippen LogP contribution in [0, 0.1) is 0 Å². The van der Waals surface area contributed by atoms with Gasteiger partial charge in [0.05, 0.1) is 19.7 Å². The molecule has 1 aromatic heterocycles. The minimum atomic E-state index is -0.336. The molecule has 6 nitrogen and oxygen atoms in total. The molecular formula is C16H18Cl2N2O4. The lowest BCUT2D eigenvalue weighted by molar-refractivity contribution is -1.07. The smallest absolute Gasteiger partial charge is 0.368 e. The fraction of sp³-hybridized carbons (Fsp3) is 0.375. The summed E-state index contributed by atoms with van der Waals surface area (Å²) in [4.78, 5) is 22.0. The van der Waals surface area contributed by atoms with Gasteiger partial charge in [0, 0.05) is 24.3 Å². The highest BCUT2D eigenvalue weighted by Gasteiger charge is 2.38. The van der Waals surface area contributed by atoms with Crippen molar-refractivity contribution >= 4 is 28.5 Å². The molecule has 0 spiro atoms. The highest BCUT2D eigenvalue weighted by atomic mass is 35.5. The second-order valence-electron chi connectivity index (χ2n) is 5.37. The molecule has 2 unspecified atom stereocenters. The van der Waals surface area contributed by atoms with Gasteiger partial charge in [0.25, 0.3) is 0 Å². The number of pyridine rings is 1. The van der Waals surface area contributed by atoms with Crippen molar-refractivity contribution < 1.29 is 36.6 Å². The molecule has 0 bridgehead atoms. The third-order valence-corrected chi connectivity index (χ3v) is 4.25. The summed E-state index contributed by atoms with van der Waals surface area (Å²) < 4.78 is 10.0. The molecule has 2 atom stereocenters. The van der Waals surface area contributed by atoms with E-state index in [1.165, 1.54) is 7.11 Å². The van der Waals surface area contributed by atoms with E-state index in [4.69, 9.17) is 25.9 Å². The fourth-order valence-electron chi connectivity index (χ4n) is 2.78. The van der Waals surface area contributed by atoms with Crippen LogP contribution in [0.2, 0.25) is 5.15 Å². The van der Waals surface area contributed by atoms with E-state index in [9.17, 15) is 4.79 Å². The summed E-state index contributed by atoms with van der Waals surface area (Å²) >= 11 is 6.22. The van der Waals surface area contributed by atoms with Gasteiger partial charge < -0.3 is 26.7 Å². The SMILES string of the molecule is COC(=O)C1CCC[NH+]1Oc1cc2cc(OC)ccc2nc1Cl.[Cl-]. The maximum atomic E-state index is 11.8. The van der Waals surface area contributed by atoms with E-state index in [0.717, 1.165) is 29.5 Å². The predicted molar refractivity (Wildman–Crippen MR) is 84.8 cm³/mol. The van der Waals surface area contributed by atoms with Crippen LogP contribution in [0.4, 0.5) is 0 Å². The van der Waals surface area contributed by atoms with Crippen molar-refractivity contribution in [3.63, 3.8) is 0 Å². The van der Waals surface area contributed by atoms with Crippen LogP contribution in [0.5, 0.6) is 11.5 Å². The fourth-order valence-corrected chi connectivity index (χ4v) is 2.96. The Bertz CT molecular complexity index is 741. The zero-order chi connectivity index (χ0) is 16.4. The zero-order valence-corrected chi connectivity index (χ0v) is 14.9. The van der Waals surface area contributed by atoms with E-state index in [0.29, 0.717) is 17.4 Å². The van der Waals surface area contributed by atoms with Crippen molar-refractivity contribution in [2.45, 2.75) is 18.9 Å². The summed E-state index contributed by atoms with van der Waals surface area (Å²) in [6, 6.07) is 7.00. The van der Waals surface area contributed by atoms with E-state index in [2.05, 4.69) is 4.98 Å². The average Bonchev–Trinajstić information content (AvgIpc) is 3.02. The van der Waals surface area contributed by atoms with Gasteiger partial charge in [-0.2, -0.15) is 0 Å². The molecule has 0 aliphatic carbocycles. The van der Waals surface area contributed by atoms with Crippen LogP contribution in [0.1, 0.15) is 12.8 Å². The molecule has 0 radical (unpaired) electrons. The van der Waals surface area contributed by atoms with Gasteiger partial charge >= 0.3 is 5.97 Å². The minimum Gasteiger partial charge on any atom is -1.00 e. The van der Waals surface area contributed by atoms with E-state index >= 15 is 0 Å². The van der Waals surface area contributed by atoms with Crippen molar-refractivity contribution in [2.24, 2.45) is 0 Å². The van der Waals surface area contributed by atoms with Crippen LogP contribution < -0.4 is 27.0 Å². The van der Waals surface area contributed by atoms with Crippen LogP contribution in [0.15, 0.2) is 24.3 Å². The molecule has 3 rings (SSSR count). The number of ether oxygens (including phenoxy) is 2. The summed E-state index contributed by atoms with van der Waals surface area (Å²) in [7, 11) is 2.99. The zero-order valence-electron chi connectivity index (χ0n) is 13.3. The van der Waals surface area contributed by atoms with E-state index in [1.807, 2.05) is 24.3 Å². The number of nitrogens with one attached hydrogen (secondary N) is 1. The number of carbonyl (C=O) groups excluding carboxylic acids is 1. The molecule has 2 aromatic rings. The highest BCUT2D eigenvalue weighted by molar-refractivity contribution is 6.31. The summed E-state index contributed by atoms with van der Waals surface area (Å²) in [6.45, 7) is 0.715. The first-order valence-corrected chi connectivity index (χ1v) is 7.76. The Hall–Kier alpha value is -1.76. The van der Waals surface area contributed by atoms with Crippen LogP contribution in [-0.2, 0) is 9.53 Å². The lowest BCUT2D eigenvalue weighted by Gasteiger charge is -2.18. The molecule has 0 amide bonds. The van der Waals surface area contributed by atoms with Gasteiger partial charge in [-0.3, -0.25) is 0 Å². The van der Waals surface area contributed by atoms with E-state index in [-0.39, 0.29) is 29.6 Å². The van der Waals surface area contributed by atoms with Crippen molar-refractivity contribution in [1.29, 1.82) is 0 Å². The average molecular weight is 373 g/mol. The van der Waals surface area contributed by atoms with Gasteiger partial charge in [-0.1, -0.05) is 11.6 Å². The van der Waals surface area contributed by atoms with Crippen LogP contribution in [-0.4, -0.2) is 37.8 Å². The van der Waals surface area contributed by atoms with Gasteiger partial charge in [-0.05, 0) is 18.2 Å². The van der Waals surface area contributed by atoms with E-state index in [1.54, 1.807) is 7.11 Å². The third-order valence-electron chi connectivity index (χ3n) is 3.97. The lowest BCUT2D eigenvalue weighted by Crippen LogP contribution is -3.16. The first kappa shape index (κ1) is 18.6. The molecule has 0 saturated carbocycles. The number of halogens is 2. The maximum Gasteiger partial charge on any atom is 0.368 e. The highest BCUT2D eigenvalue weighted by Crippen LogP contribution is 2.28. The number of aromatic nitrogens is 1. The molecule has 1 N–H and O–H groups in total. The number of rotatable bonds is 4. The van der Waals surface area contributed by atoms with Crippen molar-refractivity contribution in [2.75, 3.05) is 20.8 Å². The van der Waals surface area contributed by atoms with Crippen molar-refractivity contribution in [1.82, 2.24) is 4.98 Å². The number of nitrogens with zero attached hydrogens (tertiary/aromatic N) is 1. The Labute approximate surface area is 151 Å². The Kier molecular flexibility index (Phi) is 6.10. The first-order chi connectivity index (χ1) is 11.1. The Morgan fingerprint density at radius 2 is 2.12 bits per heavy atom. The summed E-state index contributed by atoms with van der Waals surface area (Å²) in [6.07, 6.45) is 1.62. The van der Waals surface area contributed by atoms with Gasteiger partial charge in [-0.15, -0.1) is 5.06 Å². The van der Waals surface area contributed by atoms with Crippen molar-refractivity contribution in [3.05, 3.63) is 29.4 Å². The lowest BCUT2D eigenvalue weighted by atomic mass is 10.2. The molecule has 130 valence electrons. The molecule has 24 heavy (non-hydrogen) atoms. The number of esters is 1. The second kappa shape index (κ2) is 7.88. The molecule has 1 aromatic carbocycles. The molecule has 1 fully saturated rings. The Morgan fingerprint density at radius 1 is 1.33 bits per heavy atom. The normalized spacial score (nSPS) is 19.6. The number of carbonyl (C=O) groups is 1.